The van der Waals surface area contributed by atoms with E-state index in [0.29, 0.717) is 33.0 Å². The minimum absolute atomic E-state index is 0. The Balaban J connectivity index is 0.00000184. The topological polar surface area (TPSA) is 70.1 Å². The number of piperidine rings is 1. The van der Waals surface area contributed by atoms with Gasteiger partial charge in [0.1, 0.15) is 0 Å². The molecular formula is C38H72Cl3N3O. The van der Waals surface area contributed by atoms with E-state index in [9.17, 15) is 0 Å². The van der Waals surface area contributed by atoms with E-state index in [-0.39, 0.29) is 54.0 Å². The van der Waals surface area contributed by atoms with Crippen molar-refractivity contribution in [1.29, 1.82) is 0 Å². The van der Waals surface area contributed by atoms with E-state index >= 15 is 0 Å². The smallest absolute Gasteiger partial charge is 0.203 e. The van der Waals surface area contributed by atoms with Crippen LogP contribution in [-0.4, -0.2) is 37.0 Å². The van der Waals surface area contributed by atoms with Gasteiger partial charge in [0.25, 0.3) is 0 Å². The molecule has 0 bridgehead atoms. The lowest BCUT2D eigenvalue weighted by molar-refractivity contribution is -0.788. The van der Waals surface area contributed by atoms with Crippen molar-refractivity contribution in [2.45, 2.75) is 170 Å². The number of hydrogen-bond acceptors (Lipinski definition) is 1. The second-order valence-electron chi connectivity index (χ2n) is 18.9. The molecule has 0 aromatic carbocycles. The Kier molecular flexibility index (Phi) is 11.7. The van der Waals surface area contributed by atoms with Crippen molar-refractivity contribution in [2.24, 2.45) is 50.2 Å². The first-order valence-corrected chi connectivity index (χ1v) is 18.8. The van der Waals surface area contributed by atoms with E-state index in [1.165, 1.54) is 103 Å². The lowest BCUT2D eigenvalue weighted by Crippen LogP contribution is -3.01. The Bertz CT molecular complexity index is 1040. The third-order valence-electron chi connectivity index (χ3n) is 17.8. The van der Waals surface area contributed by atoms with Crippen LogP contribution in [0.2, 0.25) is 0 Å². The fraction of sp³-hybridized carbons (Fsp3) is 1.00. The third-order valence-corrected chi connectivity index (χ3v) is 17.8. The first kappa shape index (κ1) is 40.1. The van der Waals surface area contributed by atoms with Crippen LogP contribution in [0.3, 0.4) is 0 Å². The molecule has 4 saturated carbocycles. The zero-order valence-electron chi connectivity index (χ0n) is 30.7. The Morgan fingerprint density at radius 2 is 1.44 bits per heavy atom. The maximum absolute atomic E-state index is 7.57. The Hall–Kier alpha value is 0.710. The number of rotatable bonds is 7. The predicted octanol–water partition coefficient (Wildman–Crippen LogP) is -3.32. The molecule has 7 heteroatoms. The van der Waals surface area contributed by atoms with E-state index in [4.69, 9.17) is 4.74 Å². The van der Waals surface area contributed by atoms with Crippen LogP contribution < -0.4 is 53.6 Å². The van der Waals surface area contributed by atoms with E-state index < -0.39 is 0 Å². The fourth-order valence-corrected chi connectivity index (χ4v) is 14.4. The third kappa shape index (κ3) is 5.16. The van der Waals surface area contributed by atoms with Crippen molar-refractivity contribution in [1.82, 2.24) is 0 Å². The molecule has 4 nitrogen and oxygen atoms in total. The summed E-state index contributed by atoms with van der Waals surface area (Å²) in [5.41, 5.74) is 6.20. The maximum atomic E-state index is 7.57. The molecule has 0 radical (unpaired) electrons. The Morgan fingerprint density at radius 1 is 0.756 bits per heavy atom. The van der Waals surface area contributed by atoms with Gasteiger partial charge in [-0.15, -0.1) is 0 Å². The molecule has 7 N–H and O–H groups in total. The standard InChI is InChI=1S/C38H69N3O.3ClH/c1-27-14-19-38(41-25-27)28(2)37(9)35(7)21-20-32(4)30(33(35,5)26-36(37,8)42-38)16-17-31(3)24-29(15-18-34(31,32)6)40-23-13-11-10-12-22-39;;;/h27-30,40-41H,10-26,39H2,1-9H3;3*1H/t27-,28-,29?,30+,31-,32-,33-,34-,35-,36-,37+,38-;;;/m0.../s1. The van der Waals surface area contributed by atoms with E-state index in [2.05, 4.69) is 78.7 Å². The Morgan fingerprint density at radius 3 is 2.09 bits per heavy atom. The highest BCUT2D eigenvalue weighted by molar-refractivity contribution is 5.30. The van der Waals surface area contributed by atoms with Gasteiger partial charge in [0, 0.05) is 30.1 Å². The minimum Gasteiger partial charge on any atom is -1.00 e. The van der Waals surface area contributed by atoms with Crippen LogP contribution in [0.1, 0.15) is 152 Å². The van der Waals surface area contributed by atoms with Gasteiger partial charge in [0.15, 0.2) is 0 Å². The number of ether oxygens (including phenoxy) is 1. The average molecular weight is 693 g/mol. The van der Waals surface area contributed by atoms with Gasteiger partial charge < -0.3 is 58.3 Å². The summed E-state index contributed by atoms with van der Waals surface area (Å²) < 4.78 is 7.57. The van der Waals surface area contributed by atoms with E-state index in [1.807, 2.05) is 0 Å². The lowest BCUT2D eigenvalue weighted by atomic mass is 9.31. The Labute approximate surface area is 296 Å². The summed E-state index contributed by atoms with van der Waals surface area (Å²) in [6.45, 7) is 27.9. The van der Waals surface area contributed by atoms with E-state index in [0.717, 1.165) is 24.4 Å². The van der Waals surface area contributed by atoms with Crippen LogP contribution in [0.15, 0.2) is 0 Å². The minimum atomic E-state index is -0.0276. The number of fused-ring (bicyclic) bond motifs is 7. The van der Waals surface area contributed by atoms with Crippen LogP contribution in [0.25, 0.3) is 0 Å². The molecule has 4 aliphatic carbocycles. The van der Waals surface area contributed by atoms with Crippen LogP contribution in [0.4, 0.5) is 0 Å². The molecule has 2 saturated heterocycles. The van der Waals surface area contributed by atoms with Crippen molar-refractivity contribution in [3.05, 3.63) is 0 Å². The monoisotopic (exact) mass is 691 g/mol. The summed E-state index contributed by atoms with van der Waals surface area (Å²) in [7, 11) is 0. The van der Waals surface area contributed by atoms with Gasteiger partial charge in [-0.2, -0.15) is 0 Å². The highest BCUT2D eigenvalue weighted by Crippen LogP contribution is 2.85. The van der Waals surface area contributed by atoms with Gasteiger partial charge in [-0.3, -0.25) is 0 Å². The quantitative estimate of drug-likeness (QED) is 0.241. The first-order chi connectivity index (χ1) is 19.6. The number of hydrogen-bond donors (Lipinski definition) is 3. The molecule has 1 spiro atoms. The number of quaternary nitrogens is 3. The van der Waals surface area contributed by atoms with Gasteiger partial charge >= 0.3 is 0 Å². The average Bonchev–Trinajstić information content (AvgIpc) is 3.18. The second kappa shape index (κ2) is 13.1. The predicted molar refractivity (Wildman–Crippen MR) is 172 cm³/mol. The van der Waals surface area contributed by atoms with Crippen molar-refractivity contribution in [3.63, 3.8) is 0 Å². The molecule has 1 unspecified atom stereocenters. The van der Waals surface area contributed by atoms with Crippen molar-refractivity contribution < 1.29 is 58.3 Å². The van der Waals surface area contributed by atoms with Crippen molar-refractivity contribution in [2.75, 3.05) is 19.6 Å². The van der Waals surface area contributed by atoms with Crippen LogP contribution in [0.5, 0.6) is 0 Å². The summed E-state index contributed by atoms with van der Waals surface area (Å²) in [6.07, 6.45) is 19.2. The van der Waals surface area contributed by atoms with E-state index in [1.54, 1.807) is 0 Å². The van der Waals surface area contributed by atoms with Crippen LogP contribution in [0, 0.1) is 50.2 Å². The molecule has 6 rings (SSSR count). The molecule has 2 heterocycles. The SMILES string of the molecule is C[C@H]1CC[C@]2([NH2+]C1)O[C@@]1(C)C[C@@]3(C)[C@@H]4CC[C@@]5(C)CC([NH2+]CCCCCC[NH3+])CC[C@]5(C)[C@@]4(C)CC[C@]3(C)[C@@]1(C)[C@@H]2C.[Cl-].[Cl-].[Cl-]. The molecule has 266 valence electrons. The van der Waals surface area contributed by atoms with Gasteiger partial charge in [-0.1, -0.05) is 55.4 Å². The molecule has 0 aromatic heterocycles. The molecule has 6 fully saturated rings. The van der Waals surface area contributed by atoms with Crippen LogP contribution >= 0.6 is 0 Å². The zero-order valence-corrected chi connectivity index (χ0v) is 33.0. The summed E-state index contributed by atoms with van der Waals surface area (Å²) in [5.74, 6) is 2.21. The second-order valence-corrected chi connectivity index (χ2v) is 18.9. The molecule has 0 amide bonds. The van der Waals surface area contributed by atoms with Gasteiger partial charge in [0.2, 0.25) is 5.72 Å². The molecule has 6 aliphatic rings. The highest BCUT2D eigenvalue weighted by atomic mass is 35.5. The normalized spacial score (nSPS) is 53.2. The van der Waals surface area contributed by atoms with Gasteiger partial charge in [-0.05, 0) is 117 Å². The molecule has 45 heavy (non-hydrogen) atoms. The van der Waals surface area contributed by atoms with Crippen molar-refractivity contribution in [3.8, 4) is 0 Å². The lowest BCUT2D eigenvalue weighted by Gasteiger charge is -2.73. The summed E-state index contributed by atoms with van der Waals surface area (Å²) >= 11 is 0. The molecule has 12 atom stereocenters. The van der Waals surface area contributed by atoms with Crippen LogP contribution in [-0.2, 0) is 4.74 Å². The maximum Gasteiger partial charge on any atom is 0.203 e. The molecule has 2 aliphatic heterocycles. The molecular weight excluding hydrogens is 621 g/mol. The fourth-order valence-electron chi connectivity index (χ4n) is 14.4. The zero-order chi connectivity index (χ0) is 30.5. The van der Waals surface area contributed by atoms with Gasteiger partial charge in [0.05, 0.1) is 31.3 Å². The summed E-state index contributed by atoms with van der Waals surface area (Å²) in [4.78, 5) is 0. The summed E-state index contributed by atoms with van der Waals surface area (Å²) in [6, 6.07) is 0.837. The largest absolute Gasteiger partial charge is 1.00 e. The number of unbranched alkanes of at least 4 members (excludes halogenated alkanes) is 3. The van der Waals surface area contributed by atoms with Crippen molar-refractivity contribution >= 4 is 0 Å². The molecule has 0 aromatic rings. The highest BCUT2D eigenvalue weighted by Gasteiger charge is 2.84. The van der Waals surface area contributed by atoms with Gasteiger partial charge in [-0.25, -0.2) is 0 Å². The first-order valence-electron chi connectivity index (χ1n) is 18.8. The number of halogens is 3. The summed E-state index contributed by atoms with van der Waals surface area (Å²) in [5, 5.41) is 5.42. The number of nitrogens with two attached hydrogens (primary N) is 2.